The van der Waals surface area contributed by atoms with E-state index in [2.05, 4.69) is 31.3 Å². The summed E-state index contributed by atoms with van der Waals surface area (Å²) in [5.41, 5.74) is 3.52. The van der Waals surface area contributed by atoms with Gasteiger partial charge >= 0.3 is 0 Å². The van der Waals surface area contributed by atoms with E-state index in [0.717, 1.165) is 10.5 Å². The van der Waals surface area contributed by atoms with Crippen LogP contribution in [0, 0.1) is 19.7 Å². The van der Waals surface area contributed by atoms with Gasteiger partial charge in [0.15, 0.2) is 0 Å². The van der Waals surface area contributed by atoms with Crippen LogP contribution in [0.1, 0.15) is 29.7 Å². The van der Waals surface area contributed by atoms with Crippen molar-refractivity contribution >= 4 is 29.3 Å². The van der Waals surface area contributed by atoms with Crippen molar-refractivity contribution in [1.29, 1.82) is 0 Å². The Balaban J connectivity index is 1.90. The number of benzene rings is 2. The Bertz CT molecular complexity index is 720. The van der Waals surface area contributed by atoms with Crippen LogP contribution in [0.4, 0.5) is 4.39 Å². The fourth-order valence-corrected chi connectivity index (χ4v) is 3.11. The van der Waals surface area contributed by atoms with E-state index in [1.165, 1.54) is 35.0 Å². The summed E-state index contributed by atoms with van der Waals surface area (Å²) in [4.78, 5) is 12.8. The van der Waals surface area contributed by atoms with Crippen LogP contribution in [-0.4, -0.2) is 11.7 Å². The summed E-state index contributed by atoms with van der Waals surface area (Å²) in [6.07, 6.45) is 0. The first-order chi connectivity index (χ1) is 10.9. The molecule has 2 aromatic rings. The smallest absolute Gasteiger partial charge is 0.230 e. The number of hydrogen-bond acceptors (Lipinski definition) is 2. The van der Waals surface area contributed by atoms with Crippen molar-refractivity contribution < 1.29 is 9.18 Å². The molecule has 2 rings (SSSR count). The van der Waals surface area contributed by atoms with E-state index in [4.69, 9.17) is 11.6 Å². The maximum atomic E-state index is 13.1. The van der Waals surface area contributed by atoms with Gasteiger partial charge in [-0.05, 0) is 55.7 Å². The van der Waals surface area contributed by atoms with Crippen LogP contribution in [0.2, 0.25) is 5.02 Å². The molecule has 0 aliphatic heterocycles. The van der Waals surface area contributed by atoms with Gasteiger partial charge in [0.1, 0.15) is 5.82 Å². The third kappa shape index (κ3) is 4.98. The normalized spacial score (nSPS) is 12.0. The number of hydrogen-bond donors (Lipinski definition) is 1. The van der Waals surface area contributed by atoms with Crippen molar-refractivity contribution in [2.75, 3.05) is 5.75 Å². The van der Waals surface area contributed by atoms with Gasteiger partial charge in [-0.15, -0.1) is 11.8 Å². The van der Waals surface area contributed by atoms with Gasteiger partial charge in [0.2, 0.25) is 5.91 Å². The first-order valence-electron chi connectivity index (χ1n) is 7.31. The second kappa shape index (κ2) is 7.84. The molecule has 0 fully saturated rings. The van der Waals surface area contributed by atoms with E-state index in [-0.39, 0.29) is 22.7 Å². The Morgan fingerprint density at radius 1 is 1.22 bits per heavy atom. The Labute approximate surface area is 145 Å². The van der Waals surface area contributed by atoms with Crippen LogP contribution in [0.15, 0.2) is 41.3 Å². The topological polar surface area (TPSA) is 29.1 Å². The summed E-state index contributed by atoms with van der Waals surface area (Å²) < 4.78 is 13.1. The number of carbonyl (C=O) groups is 1. The Kier molecular flexibility index (Phi) is 6.08. The Morgan fingerprint density at radius 3 is 2.61 bits per heavy atom. The van der Waals surface area contributed by atoms with Crippen LogP contribution in [0.3, 0.4) is 0 Å². The molecule has 122 valence electrons. The number of amides is 1. The van der Waals surface area contributed by atoms with Gasteiger partial charge in [0, 0.05) is 4.90 Å². The van der Waals surface area contributed by atoms with Crippen molar-refractivity contribution in [3.63, 3.8) is 0 Å². The molecular weight excluding hydrogens is 333 g/mol. The molecule has 0 heterocycles. The van der Waals surface area contributed by atoms with Gasteiger partial charge in [-0.1, -0.05) is 29.8 Å². The zero-order chi connectivity index (χ0) is 17.0. The van der Waals surface area contributed by atoms with E-state index in [0.29, 0.717) is 0 Å². The first kappa shape index (κ1) is 17.8. The highest BCUT2D eigenvalue weighted by Crippen LogP contribution is 2.24. The summed E-state index contributed by atoms with van der Waals surface area (Å²) in [5.74, 6) is -0.262. The molecule has 0 aliphatic carbocycles. The third-order valence-electron chi connectivity index (χ3n) is 3.67. The first-order valence-corrected chi connectivity index (χ1v) is 8.67. The molecule has 0 bridgehead atoms. The van der Waals surface area contributed by atoms with Crippen LogP contribution in [0.25, 0.3) is 0 Å². The van der Waals surface area contributed by atoms with Gasteiger partial charge in [0.25, 0.3) is 0 Å². The van der Waals surface area contributed by atoms with Crippen molar-refractivity contribution in [3.05, 3.63) is 63.9 Å². The summed E-state index contributed by atoms with van der Waals surface area (Å²) in [5, 5.41) is 3.04. The average Bonchev–Trinajstić information content (AvgIpc) is 2.51. The molecule has 1 amide bonds. The molecule has 23 heavy (non-hydrogen) atoms. The molecule has 2 aromatic carbocycles. The molecule has 5 heteroatoms. The standard InChI is InChI=1S/C18H19ClFNOS/c1-11-4-5-14(8-12(11)2)13(3)21-18(22)10-23-15-6-7-17(20)16(19)9-15/h4-9,13H,10H2,1-3H3,(H,21,22). The van der Waals surface area contributed by atoms with Crippen LogP contribution in [-0.2, 0) is 4.79 Å². The molecule has 1 unspecified atom stereocenters. The highest BCUT2D eigenvalue weighted by molar-refractivity contribution is 8.00. The fraction of sp³-hybridized carbons (Fsp3) is 0.278. The largest absolute Gasteiger partial charge is 0.349 e. The third-order valence-corrected chi connectivity index (χ3v) is 4.95. The predicted octanol–water partition coefficient (Wildman–Crippen LogP) is 5.07. The summed E-state index contributed by atoms with van der Waals surface area (Å²) in [6, 6.07) is 10.6. The summed E-state index contributed by atoms with van der Waals surface area (Å²) in [7, 11) is 0. The molecule has 0 aromatic heterocycles. The molecule has 2 nitrogen and oxygen atoms in total. The van der Waals surface area contributed by atoms with Gasteiger partial charge in [0.05, 0.1) is 16.8 Å². The van der Waals surface area contributed by atoms with E-state index in [9.17, 15) is 9.18 Å². The lowest BCUT2D eigenvalue weighted by Crippen LogP contribution is -2.28. The van der Waals surface area contributed by atoms with Gasteiger partial charge in [-0.3, -0.25) is 4.79 Å². The molecule has 0 saturated carbocycles. The number of nitrogens with one attached hydrogen (secondary N) is 1. The van der Waals surface area contributed by atoms with E-state index < -0.39 is 5.82 Å². The molecule has 0 aliphatic rings. The SMILES string of the molecule is Cc1ccc(C(C)NC(=O)CSc2ccc(F)c(Cl)c2)cc1C. The van der Waals surface area contributed by atoms with E-state index in [1.807, 2.05) is 13.0 Å². The number of carbonyl (C=O) groups excluding carboxylic acids is 1. The maximum Gasteiger partial charge on any atom is 0.230 e. The average molecular weight is 352 g/mol. The summed E-state index contributed by atoms with van der Waals surface area (Å²) >= 11 is 7.06. The lowest BCUT2D eigenvalue weighted by Gasteiger charge is -2.15. The van der Waals surface area contributed by atoms with Crippen LogP contribution < -0.4 is 5.32 Å². The van der Waals surface area contributed by atoms with Crippen LogP contribution >= 0.6 is 23.4 Å². The lowest BCUT2D eigenvalue weighted by atomic mass is 10.0. The van der Waals surface area contributed by atoms with Crippen molar-refractivity contribution in [3.8, 4) is 0 Å². The predicted molar refractivity (Wildman–Crippen MR) is 94.6 cm³/mol. The Hall–Kier alpha value is -1.52. The molecule has 0 saturated heterocycles. The highest BCUT2D eigenvalue weighted by Gasteiger charge is 2.11. The monoisotopic (exact) mass is 351 g/mol. The summed E-state index contributed by atoms with van der Waals surface area (Å²) in [6.45, 7) is 6.08. The number of halogens is 2. The Morgan fingerprint density at radius 2 is 1.96 bits per heavy atom. The van der Waals surface area contributed by atoms with Crippen molar-refractivity contribution in [2.45, 2.75) is 31.7 Å². The van der Waals surface area contributed by atoms with Gasteiger partial charge in [-0.25, -0.2) is 4.39 Å². The highest BCUT2D eigenvalue weighted by atomic mass is 35.5. The molecule has 1 N–H and O–H groups in total. The number of rotatable bonds is 5. The molecule has 1 atom stereocenters. The van der Waals surface area contributed by atoms with E-state index >= 15 is 0 Å². The molecule has 0 spiro atoms. The zero-order valence-electron chi connectivity index (χ0n) is 13.3. The fourth-order valence-electron chi connectivity index (χ4n) is 2.12. The second-order valence-corrected chi connectivity index (χ2v) is 6.95. The quantitative estimate of drug-likeness (QED) is 0.762. The zero-order valence-corrected chi connectivity index (χ0v) is 14.9. The lowest BCUT2D eigenvalue weighted by molar-refractivity contribution is -0.119. The van der Waals surface area contributed by atoms with Crippen LogP contribution in [0.5, 0.6) is 0 Å². The van der Waals surface area contributed by atoms with E-state index in [1.54, 1.807) is 6.07 Å². The number of aryl methyl sites for hydroxylation is 2. The minimum Gasteiger partial charge on any atom is -0.349 e. The van der Waals surface area contributed by atoms with Gasteiger partial charge in [-0.2, -0.15) is 0 Å². The molecular formula is C18H19ClFNOS. The van der Waals surface area contributed by atoms with Crippen molar-refractivity contribution in [2.24, 2.45) is 0 Å². The minimum absolute atomic E-state index is 0.0563. The second-order valence-electron chi connectivity index (χ2n) is 5.50. The molecule has 0 radical (unpaired) electrons. The van der Waals surface area contributed by atoms with Crippen molar-refractivity contribution in [1.82, 2.24) is 5.32 Å². The minimum atomic E-state index is -0.455. The number of thioether (sulfide) groups is 1. The maximum absolute atomic E-state index is 13.1. The van der Waals surface area contributed by atoms with Gasteiger partial charge < -0.3 is 5.32 Å².